The Hall–Kier alpha value is -1.51. The first-order valence-electron chi connectivity index (χ1n) is 6.92. The molecule has 3 nitrogen and oxygen atoms in total. The second kappa shape index (κ2) is 7.17. The lowest BCUT2D eigenvalue weighted by Crippen LogP contribution is -2.35. The van der Waals surface area contributed by atoms with Gasteiger partial charge >= 0.3 is 0 Å². The number of ether oxygens (including phenoxy) is 1. The van der Waals surface area contributed by atoms with Crippen LogP contribution in [0, 0.1) is 13.8 Å². The predicted molar refractivity (Wildman–Crippen MR) is 78.6 cm³/mol. The van der Waals surface area contributed by atoms with Crippen molar-refractivity contribution in [2.24, 2.45) is 0 Å². The maximum Gasteiger partial charge on any atom is 0.225 e. The summed E-state index contributed by atoms with van der Waals surface area (Å²) in [7, 11) is 1.86. The van der Waals surface area contributed by atoms with Crippen molar-refractivity contribution in [2.75, 3.05) is 13.7 Å². The highest BCUT2D eigenvalue weighted by molar-refractivity contribution is 5.76. The molecular formula is C16H25NO2. The minimum atomic E-state index is 0.139. The average Bonchev–Trinajstić information content (AvgIpc) is 2.41. The van der Waals surface area contributed by atoms with Gasteiger partial charge < -0.3 is 9.64 Å². The van der Waals surface area contributed by atoms with Crippen molar-refractivity contribution in [3.63, 3.8) is 0 Å². The minimum Gasteiger partial charge on any atom is -0.493 e. The Morgan fingerprint density at radius 3 is 2.68 bits per heavy atom. The van der Waals surface area contributed by atoms with E-state index in [9.17, 15) is 4.79 Å². The van der Waals surface area contributed by atoms with Crippen LogP contribution in [0.1, 0.15) is 37.8 Å². The molecule has 19 heavy (non-hydrogen) atoms. The zero-order valence-corrected chi connectivity index (χ0v) is 12.7. The van der Waals surface area contributed by atoms with Crippen molar-refractivity contribution in [3.05, 3.63) is 29.3 Å². The SMILES string of the molecule is CCC(C)N(C)C(=O)CCOc1cccc(C)c1C. The fraction of sp³-hybridized carbons (Fsp3) is 0.562. The molecule has 1 unspecified atom stereocenters. The largest absolute Gasteiger partial charge is 0.493 e. The van der Waals surface area contributed by atoms with Crippen LogP contribution < -0.4 is 4.74 Å². The summed E-state index contributed by atoms with van der Waals surface area (Å²) < 4.78 is 5.70. The van der Waals surface area contributed by atoms with E-state index in [-0.39, 0.29) is 11.9 Å². The van der Waals surface area contributed by atoms with Crippen molar-refractivity contribution in [2.45, 2.75) is 46.6 Å². The lowest BCUT2D eigenvalue weighted by molar-refractivity contribution is -0.132. The van der Waals surface area contributed by atoms with Gasteiger partial charge in [-0.25, -0.2) is 0 Å². The monoisotopic (exact) mass is 263 g/mol. The molecule has 106 valence electrons. The maximum atomic E-state index is 11.9. The Balaban J connectivity index is 2.46. The number of aryl methyl sites for hydroxylation is 1. The van der Waals surface area contributed by atoms with Crippen LogP contribution in [0.5, 0.6) is 5.75 Å². The third-order valence-electron chi connectivity index (χ3n) is 3.77. The molecule has 0 aliphatic rings. The van der Waals surface area contributed by atoms with E-state index in [0.29, 0.717) is 13.0 Å². The Bertz CT molecular complexity index is 429. The van der Waals surface area contributed by atoms with Gasteiger partial charge in [-0.15, -0.1) is 0 Å². The molecule has 1 rings (SSSR count). The van der Waals surface area contributed by atoms with Crippen LogP contribution in [0.4, 0.5) is 0 Å². The third-order valence-corrected chi connectivity index (χ3v) is 3.77. The topological polar surface area (TPSA) is 29.5 Å². The van der Waals surface area contributed by atoms with Gasteiger partial charge in [0.15, 0.2) is 0 Å². The predicted octanol–water partition coefficient (Wildman–Crippen LogP) is 3.33. The van der Waals surface area contributed by atoms with Gasteiger partial charge in [-0.1, -0.05) is 19.1 Å². The van der Waals surface area contributed by atoms with Crippen LogP contribution in [0.15, 0.2) is 18.2 Å². The lowest BCUT2D eigenvalue weighted by atomic mass is 10.1. The molecule has 1 atom stereocenters. The number of hydrogen-bond acceptors (Lipinski definition) is 2. The highest BCUT2D eigenvalue weighted by Crippen LogP contribution is 2.20. The van der Waals surface area contributed by atoms with Gasteiger partial charge in [0.05, 0.1) is 13.0 Å². The summed E-state index contributed by atoms with van der Waals surface area (Å²) in [4.78, 5) is 13.7. The van der Waals surface area contributed by atoms with E-state index >= 15 is 0 Å². The van der Waals surface area contributed by atoms with Crippen LogP contribution in [0.2, 0.25) is 0 Å². The second-order valence-corrected chi connectivity index (χ2v) is 5.06. The summed E-state index contributed by atoms with van der Waals surface area (Å²) >= 11 is 0. The van der Waals surface area contributed by atoms with Crippen molar-refractivity contribution >= 4 is 5.91 Å². The highest BCUT2D eigenvalue weighted by atomic mass is 16.5. The minimum absolute atomic E-state index is 0.139. The Morgan fingerprint density at radius 1 is 1.37 bits per heavy atom. The van der Waals surface area contributed by atoms with E-state index in [0.717, 1.165) is 17.7 Å². The van der Waals surface area contributed by atoms with Crippen molar-refractivity contribution in [3.8, 4) is 5.75 Å². The molecule has 0 aliphatic heterocycles. The van der Waals surface area contributed by atoms with Gasteiger partial charge in [-0.05, 0) is 44.4 Å². The molecule has 0 radical (unpaired) electrons. The number of benzene rings is 1. The first-order chi connectivity index (χ1) is 8.97. The number of carbonyl (C=O) groups excluding carboxylic acids is 1. The van der Waals surface area contributed by atoms with Crippen LogP contribution in [0.3, 0.4) is 0 Å². The van der Waals surface area contributed by atoms with Crippen LogP contribution >= 0.6 is 0 Å². The fourth-order valence-corrected chi connectivity index (χ4v) is 1.82. The molecule has 1 amide bonds. The molecule has 0 N–H and O–H groups in total. The normalized spacial score (nSPS) is 12.1. The molecule has 0 aliphatic carbocycles. The molecule has 0 spiro atoms. The number of rotatable bonds is 6. The Kier molecular flexibility index (Phi) is 5.87. The summed E-state index contributed by atoms with van der Waals surface area (Å²) in [6.07, 6.45) is 1.40. The number of hydrogen-bond donors (Lipinski definition) is 0. The summed E-state index contributed by atoms with van der Waals surface area (Å²) in [5.41, 5.74) is 2.35. The van der Waals surface area contributed by atoms with Crippen LogP contribution in [-0.2, 0) is 4.79 Å². The molecule has 3 heteroatoms. The van der Waals surface area contributed by atoms with Gasteiger partial charge in [0, 0.05) is 13.1 Å². The van der Waals surface area contributed by atoms with E-state index in [4.69, 9.17) is 4.74 Å². The summed E-state index contributed by atoms with van der Waals surface area (Å²) in [6, 6.07) is 6.27. The third kappa shape index (κ3) is 4.27. The maximum absolute atomic E-state index is 11.9. The van der Waals surface area contributed by atoms with Crippen LogP contribution in [0.25, 0.3) is 0 Å². The summed E-state index contributed by atoms with van der Waals surface area (Å²) in [5, 5.41) is 0. The van der Waals surface area contributed by atoms with E-state index in [1.807, 2.05) is 26.1 Å². The molecule has 1 aromatic rings. The van der Waals surface area contributed by atoms with E-state index in [2.05, 4.69) is 26.8 Å². The highest BCUT2D eigenvalue weighted by Gasteiger charge is 2.14. The molecule has 0 heterocycles. The van der Waals surface area contributed by atoms with Gasteiger partial charge in [0.2, 0.25) is 5.91 Å². The molecular weight excluding hydrogens is 238 g/mol. The Labute approximate surface area is 116 Å². The molecule has 0 fully saturated rings. The number of nitrogens with zero attached hydrogens (tertiary/aromatic N) is 1. The van der Waals surface area contributed by atoms with Crippen molar-refractivity contribution in [1.82, 2.24) is 4.90 Å². The smallest absolute Gasteiger partial charge is 0.225 e. The first-order valence-corrected chi connectivity index (χ1v) is 6.92. The number of amides is 1. The summed E-state index contributed by atoms with van der Waals surface area (Å²) in [6.45, 7) is 8.68. The first kappa shape index (κ1) is 15.5. The summed E-state index contributed by atoms with van der Waals surface area (Å²) in [5.74, 6) is 1.01. The van der Waals surface area contributed by atoms with Gasteiger partial charge in [0.25, 0.3) is 0 Å². The number of carbonyl (C=O) groups is 1. The molecule has 1 aromatic carbocycles. The zero-order valence-electron chi connectivity index (χ0n) is 12.7. The fourth-order valence-electron chi connectivity index (χ4n) is 1.82. The van der Waals surface area contributed by atoms with Gasteiger partial charge in [0.1, 0.15) is 5.75 Å². The quantitative estimate of drug-likeness (QED) is 0.788. The average molecular weight is 263 g/mol. The molecule has 0 bridgehead atoms. The van der Waals surface area contributed by atoms with Crippen molar-refractivity contribution < 1.29 is 9.53 Å². The van der Waals surface area contributed by atoms with Crippen LogP contribution in [-0.4, -0.2) is 30.5 Å². The van der Waals surface area contributed by atoms with E-state index < -0.39 is 0 Å². The zero-order chi connectivity index (χ0) is 14.4. The molecule has 0 saturated heterocycles. The standard InChI is InChI=1S/C16H25NO2/c1-6-13(3)17(5)16(18)10-11-19-15-9-7-8-12(2)14(15)4/h7-9,13H,6,10-11H2,1-5H3. The van der Waals surface area contributed by atoms with E-state index in [1.165, 1.54) is 5.56 Å². The lowest BCUT2D eigenvalue weighted by Gasteiger charge is -2.23. The van der Waals surface area contributed by atoms with Crippen molar-refractivity contribution in [1.29, 1.82) is 0 Å². The molecule has 0 saturated carbocycles. The Morgan fingerprint density at radius 2 is 2.05 bits per heavy atom. The van der Waals surface area contributed by atoms with E-state index in [1.54, 1.807) is 4.90 Å². The second-order valence-electron chi connectivity index (χ2n) is 5.06. The van der Waals surface area contributed by atoms with Gasteiger partial charge in [-0.3, -0.25) is 4.79 Å². The van der Waals surface area contributed by atoms with Gasteiger partial charge in [-0.2, -0.15) is 0 Å². The molecule has 0 aromatic heterocycles.